The number of ether oxygens (including phenoxy) is 1. The average molecular weight is 1880 g/mol. The first kappa shape index (κ1) is 89.3. The van der Waals surface area contributed by atoms with E-state index in [1.807, 2.05) is 60.9 Å². The molecule has 2 aromatic carbocycles. The number of carbonyl (C=O) groups excluding carboxylic acids is 2. The fourth-order valence-electron chi connectivity index (χ4n) is 14.5. The van der Waals surface area contributed by atoms with Crippen LogP contribution < -0.4 is 16.5 Å². The monoisotopic (exact) mass is 1880 g/mol. The molecule has 0 spiro atoms. The maximum atomic E-state index is 13.9. The normalized spacial score (nSPS) is 13.4. The predicted octanol–water partition coefficient (Wildman–Crippen LogP) is 8.54. The van der Waals surface area contributed by atoms with Gasteiger partial charge in [-0.2, -0.15) is 20.4 Å². The highest BCUT2D eigenvalue weighted by Gasteiger charge is 2.40. The number of nitrogens with one attached hydrogen (secondary N) is 1. The number of carbonyl (C=O) groups is 3. The quantitative estimate of drug-likeness (QED) is 0.0117. The summed E-state index contributed by atoms with van der Waals surface area (Å²) in [5, 5.41) is 80.3. The van der Waals surface area contributed by atoms with Gasteiger partial charge in [0.2, 0.25) is 0 Å². The van der Waals surface area contributed by atoms with Crippen molar-refractivity contribution >= 4 is 101 Å². The van der Waals surface area contributed by atoms with Crippen LogP contribution in [0.15, 0.2) is 218 Å². The lowest BCUT2D eigenvalue weighted by atomic mass is 9.83. The molecule has 0 atom stereocenters. The van der Waals surface area contributed by atoms with Gasteiger partial charge >= 0.3 is 19.1 Å². The van der Waals surface area contributed by atoms with E-state index in [1.54, 1.807) is 114 Å². The van der Waals surface area contributed by atoms with E-state index in [-0.39, 0.29) is 44.6 Å². The number of methoxy groups -OCH3 is 1. The lowest BCUT2D eigenvalue weighted by Crippen LogP contribution is -2.30. The summed E-state index contributed by atoms with van der Waals surface area (Å²) in [7, 11) is -7.89. The summed E-state index contributed by atoms with van der Waals surface area (Å²) in [6.07, 6.45) is 36.4. The minimum absolute atomic E-state index is 0.0784. The molecule has 4 aliphatic carbocycles. The minimum Gasteiger partial charge on any atom is -0.476 e. The van der Waals surface area contributed by atoms with Crippen LogP contribution in [-0.2, 0) is 83.2 Å². The zero-order valence-corrected chi connectivity index (χ0v) is 73.1. The van der Waals surface area contributed by atoms with Gasteiger partial charge in [-0.3, -0.25) is 28.8 Å². The second-order valence-corrected chi connectivity index (χ2v) is 35.1. The van der Waals surface area contributed by atoms with Gasteiger partial charge in [0, 0.05) is 142 Å². The molecule has 42 heteroatoms. The minimum atomic E-state index is -3.94. The lowest BCUT2D eigenvalue weighted by Gasteiger charge is -2.12. The van der Waals surface area contributed by atoms with Crippen LogP contribution in [0.25, 0.3) is 38.8 Å². The fraction of sp³-hybridized carbons (Fsp3) is 0.291. The third-order valence-corrected chi connectivity index (χ3v) is 25.8. The molecule has 3 fully saturated rings. The third-order valence-electron chi connectivity index (χ3n) is 21.2. The number of aromatic carboxylic acids is 1. The molecule has 0 radical (unpaired) electrons. The number of fused-ring (bicyclic) bond motifs is 3. The first-order chi connectivity index (χ1) is 62.3. The molecule has 1 amide bonds. The summed E-state index contributed by atoms with van der Waals surface area (Å²) >= 11 is 2.24. The van der Waals surface area contributed by atoms with Crippen molar-refractivity contribution in [3.63, 3.8) is 0 Å². The summed E-state index contributed by atoms with van der Waals surface area (Å²) in [5.41, 5.74) is 19.9. The number of carboxylic acids is 1. The molecule has 19 rings (SSSR count). The van der Waals surface area contributed by atoms with E-state index < -0.39 is 39.1 Å². The number of nitrogens with two attached hydrogens (primary N) is 1. The van der Waals surface area contributed by atoms with Gasteiger partial charge < -0.3 is 30.9 Å². The number of hydrogen-bond acceptors (Lipinski definition) is 31. The van der Waals surface area contributed by atoms with Crippen LogP contribution in [0.4, 0.5) is 0 Å². The van der Waals surface area contributed by atoms with Gasteiger partial charge in [-0.05, 0) is 197 Å². The van der Waals surface area contributed by atoms with Gasteiger partial charge in [-0.25, -0.2) is 64.3 Å². The van der Waals surface area contributed by atoms with Gasteiger partial charge in [0.05, 0.1) is 81.9 Å². The molecule has 38 nitrogen and oxygen atoms in total. The molecule has 128 heavy (non-hydrogen) atoms. The number of carboxylic acid groups (broad SMARTS) is 1. The number of hydrogen-bond donors (Lipinski definition) is 5. The summed E-state index contributed by atoms with van der Waals surface area (Å²) in [6, 6.07) is 34.2. The highest BCUT2D eigenvalue weighted by Crippen LogP contribution is 2.51. The third kappa shape index (κ3) is 22.1. The van der Waals surface area contributed by atoms with E-state index in [0.717, 1.165) is 143 Å². The topological polar surface area (TPSA) is 510 Å². The number of benzene rings is 2. The number of aryl methyl sites for hydroxylation is 6. The Labute approximate surface area is 747 Å². The number of rotatable bonds is 31. The summed E-state index contributed by atoms with van der Waals surface area (Å²) in [4.78, 5) is 67.5. The number of unbranched alkanes of at least 4 members (excludes halogenated alkanes) is 3. The van der Waals surface area contributed by atoms with Crippen molar-refractivity contribution in [3.05, 3.63) is 285 Å². The standard InChI is InChI=1S/C27H27N9O.C26H24N8O4S.C23H23IN6O4S.C6H8N2.C4H5BN2O2/c37-27(31-15-21-6-1-3-9-30-21)25-16-36(35-34-25)10-4-2-5-20-11-23-24(33-32-20)12-22(18-7-8-18)26(23)19-13-28-17-29-14-19;35-26(36)22-15-33(32-30-22)11-5-4-6-19-12-21-23(18-13-27-16-28-14-18)24(17-9-10-17)34(25(21)31-29-19)39(37,38)20-7-2-1-3-8-20;1-34-23(31)19-14-29(28-26-19)12-6-5-7-16-13-18-20(24)21(15-10-11-15)30(22(18)27-25-16)35(32,33)17-8-3-2-4-9-17;7-5-6-3-1-2-4-8-6;8-5(9)4-1-6-3-7-2-4/h1,3,6,9,11,13-14,16-18H,2,4-5,7-8,10,12,15H2,(H,31,37);1-3,7-8,12-17H,4-6,9-11H2,(H,35,36);2-4,8-9,13-15H,5-7,10-12H2,1H3;1-4H,5,7H2;1-3,8-9H. The second kappa shape index (κ2) is 41.7. The first-order valence-electron chi connectivity index (χ1n) is 41.4. The number of allylic oxidation sites excluding steroid dienone is 1. The van der Waals surface area contributed by atoms with E-state index in [2.05, 4.69) is 140 Å². The summed E-state index contributed by atoms with van der Waals surface area (Å²) in [6.45, 7) is 2.68. The number of pyridine rings is 2. The zero-order valence-electron chi connectivity index (χ0n) is 69.3. The number of nitrogens with zero attached hydrogens (tertiary/aromatic N) is 25. The highest BCUT2D eigenvalue weighted by molar-refractivity contribution is 14.1. The number of halogens is 1. The maximum absolute atomic E-state index is 13.9. The van der Waals surface area contributed by atoms with Crippen molar-refractivity contribution in [2.24, 2.45) is 11.7 Å². The van der Waals surface area contributed by atoms with Crippen LogP contribution in [-0.4, -0.2) is 187 Å². The Hall–Kier alpha value is -13.6. The van der Waals surface area contributed by atoms with Crippen LogP contribution in [0.1, 0.15) is 177 Å². The molecule has 0 aliphatic heterocycles. The Morgan fingerprint density at radius 3 is 1.47 bits per heavy atom. The van der Waals surface area contributed by atoms with Crippen LogP contribution >= 0.6 is 22.6 Å². The van der Waals surface area contributed by atoms with Crippen LogP contribution in [0, 0.1) is 9.49 Å². The Kier molecular flexibility index (Phi) is 29.1. The van der Waals surface area contributed by atoms with Gasteiger partial charge in [0.25, 0.3) is 26.0 Å². The van der Waals surface area contributed by atoms with Crippen molar-refractivity contribution in [2.45, 2.75) is 157 Å². The van der Waals surface area contributed by atoms with Crippen molar-refractivity contribution in [3.8, 4) is 11.1 Å². The number of aromatic nitrogens is 25. The lowest BCUT2D eigenvalue weighted by molar-refractivity contribution is 0.0592. The Balaban J connectivity index is 0.000000135. The molecular formula is C86H87BIN27O11S2. The van der Waals surface area contributed by atoms with Gasteiger partial charge in [-0.1, -0.05) is 69.7 Å². The fourth-order valence-corrected chi connectivity index (χ4v) is 18.9. The van der Waals surface area contributed by atoms with E-state index in [0.29, 0.717) is 79.4 Å². The van der Waals surface area contributed by atoms with E-state index >= 15 is 0 Å². The molecule has 0 unspecified atom stereocenters. The van der Waals surface area contributed by atoms with E-state index in [9.17, 15) is 31.2 Å². The second-order valence-electron chi connectivity index (χ2n) is 30.5. The highest BCUT2D eigenvalue weighted by atomic mass is 127. The van der Waals surface area contributed by atoms with Gasteiger partial charge in [-0.15, -0.1) is 25.5 Å². The summed E-state index contributed by atoms with van der Waals surface area (Å²) in [5.74, 6) is -0.941. The molecule has 15 aromatic rings. The molecule has 0 bridgehead atoms. The summed E-state index contributed by atoms with van der Waals surface area (Å²) < 4.78 is 68.1. The largest absolute Gasteiger partial charge is 0.491 e. The van der Waals surface area contributed by atoms with Crippen molar-refractivity contribution in [1.29, 1.82) is 0 Å². The Morgan fingerprint density at radius 1 is 0.516 bits per heavy atom. The molecule has 3 saturated carbocycles. The molecule has 4 aliphatic rings. The molecule has 13 aromatic heterocycles. The molecule has 6 N–H and O–H groups in total. The van der Waals surface area contributed by atoms with Gasteiger partial charge in [0.1, 0.15) is 19.0 Å². The molecule has 654 valence electrons. The zero-order chi connectivity index (χ0) is 89.1. The molecular weight excluding hydrogens is 1790 g/mol. The van der Waals surface area contributed by atoms with Crippen LogP contribution in [0.2, 0.25) is 0 Å². The Bertz CT molecular complexity index is 6620. The predicted molar refractivity (Wildman–Crippen MR) is 474 cm³/mol. The van der Waals surface area contributed by atoms with E-state index in [4.69, 9.17) is 20.9 Å². The van der Waals surface area contributed by atoms with Crippen LogP contribution in [0.5, 0.6) is 0 Å². The Morgan fingerprint density at radius 2 is 0.977 bits per heavy atom. The van der Waals surface area contributed by atoms with E-state index in [1.165, 1.54) is 80.5 Å². The van der Waals surface area contributed by atoms with Crippen molar-refractivity contribution < 1.29 is 51.1 Å². The average Bonchev–Trinajstić information content (AvgIpc) is 1.54. The SMILES string of the molecule is COC(=O)c1cn(CCCCc2cc3c(I)c(C4CC4)n(S(=O)(=O)c4ccccc4)c3nn2)nn1.NCc1ccccn1.O=C(NCc1ccccn1)c1cn(CCCCc2cc3c(nn2)CC(C2CC2)=C3c2cncnc2)nn1.O=C(O)c1cn(CCCCc2cc3c(-c4cncnc4)c(C4CC4)n(S(=O)(=O)c4ccccc4)c3nn2)nn1.OB(O)c1cncnc1. The number of amides is 1. The smallest absolute Gasteiger partial charge is 0.476 e. The van der Waals surface area contributed by atoms with Gasteiger partial charge in [0.15, 0.2) is 28.4 Å². The first-order valence-corrected chi connectivity index (χ1v) is 45.4. The molecule has 13 heterocycles. The van der Waals surface area contributed by atoms with Crippen molar-refractivity contribution in [2.75, 3.05) is 7.11 Å². The van der Waals surface area contributed by atoms with Crippen LogP contribution in [0.3, 0.4) is 0 Å². The van der Waals surface area contributed by atoms with Crippen molar-refractivity contribution in [1.82, 2.24) is 129 Å². The molecule has 0 saturated heterocycles. The number of esters is 1. The maximum Gasteiger partial charge on any atom is 0.491 e.